The van der Waals surface area contributed by atoms with E-state index in [-0.39, 0.29) is 24.3 Å². The molecule has 27 heavy (non-hydrogen) atoms. The Morgan fingerprint density at radius 3 is 2.44 bits per heavy atom. The lowest BCUT2D eigenvalue weighted by molar-refractivity contribution is -0.137. The average Bonchev–Trinajstić information content (AvgIpc) is 2.59. The van der Waals surface area contributed by atoms with E-state index >= 15 is 0 Å². The largest absolute Gasteiger partial charge is 0.350 e. The van der Waals surface area contributed by atoms with E-state index < -0.39 is 40.9 Å². The van der Waals surface area contributed by atoms with Gasteiger partial charge in [0.15, 0.2) is 11.6 Å². The number of amides is 2. The second kappa shape index (κ2) is 7.28. The van der Waals surface area contributed by atoms with Crippen LogP contribution < -0.4 is 10.8 Å². The number of benzene rings is 2. The molecule has 0 aromatic heterocycles. The van der Waals surface area contributed by atoms with Gasteiger partial charge in [-0.15, -0.1) is 0 Å². The second-order valence-corrected chi connectivity index (χ2v) is 6.28. The third-order valence-electron chi connectivity index (χ3n) is 4.36. The number of rotatable bonds is 4. The van der Waals surface area contributed by atoms with Crippen molar-refractivity contribution >= 4 is 23.2 Å². The van der Waals surface area contributed by atoms with Crippen molar-refractivity contribution in [3.05, 3.63) is 58.9 Å². The molecule has 0 bridgehead atoms. The highest BCUT2D eigenvalue weighted by Crippen LogP contribution is 2.30. The molecule has 3 rings (SSSR count). The fourth-order valence-electron chi connectivity index (χ4n) is 2.78. The summed E-state index contributed by atoms with van der Waals surface area (Å²) >= 11 is 0. The van der Waals surface area contributed by atoms with Gasteiger partial charge in [0.05, 0.1) is 22.9 Å². The van der Waals surface area contributed by atoms with Crippen molar-refractivity contribution in [3.8, 4) is 0 Å². The molecule has 0 unspecified atom stereocenters. The van der Waals surface area contributed by atoms with Crippen LogP contribution in [0.5, 0.6) is 0 Å². The number of nitrogens with zero attached hydrogens (tertiary/aromatic N) is 1. The number of hydroxylamine groups is 1. The Labute approximate surface area is 152 Å². The maximum absolute atomic E-state index is 14.3. The number of anilines is 2. The molecule has 1 saturated heterocycles. The zero-order valence-corrected chi connectivity index (χ0v) is 14.2. The molecule has 2 amide bonds. The zero-order valence-electron chi connectivity index (χ0n) is 14.2. The van der Waals surface area contributed by atoms with E-state index in [1.807, 2.05) is 0 Å². The van der Waals surface area contributed by atoms with Gasteiger partial charge in [0.1, 0.15) is 5.82 Å². The summed E-state index contributed by atoms with van der Waals surface area (Å²) in [5, 5.41) is 11.0. The van der Waals surface area contributed by atoms with Gasteiger partial charge in [-0.25, -0.2) is 18.7 Å². The molecule has 0 spiro atoms. The highest BCUT2D eigenvalue weighted by Gasteiger charge is 2.37. The van der Waals surface area contributed by atoms with Crippen LogP contribution in [0.1, 0.15) is 15.9 Å². The SMILES string of the molecule is Cc1ccc(Nc2c(C(=O)N3CC(C(=O)NO)C3)ccc(F)c2F)c(F)c1. The Kier molecular flexibility index (Phi) is 5.04. The number of carbonyl (C=O) groups is 2. The molecule has 1 heterocycles. The van der Waals surface area contributed by atoms with E-state index in [2.05, 4.69) is 5.32 Å². The zero-order chi connectivity index (χ0) is 19.7. The molecule has 142 valence electrons. The molecular weight excluding hydrogens is 363 g/mol. The van der Waals surface area contributed by atoms with E-state index in [0.717, 1.165) is 12.1 Å². The summed E-state index contributed by atoms with van der Waals surface area (Å²) in [6, 6.07) is 6.05. The van der Waals surface area contributed by atoms with Gasteiger partial charge < -0.3 is 10.2 Å². The summed E-state index contributed by atoms with van der Waals surface area (Å²) in [6.45, 7) is 1.71. The van der Waals surface area contributed by atoms with Gasteiger partial charge in [-0.3, -0.25) is 14.8 Å². The van der Waals surface area contributed by atoms with Crippen LogP contribution in [0.2, 0.25) is 0 Å². The minimum absolute atomic E-state index is 0.0164. The first-order chi connectivity index (χ1) is 12.8. The molecule has 2 aromatic rings. The van der Waals surface area contributed by atoms with Crippen molar-refractivity contribution in [3.63, 3.8) is 0 Å². The molecule has 0 saturated carbocycles. The number of hydrogen-bond acceptors (Lipinski definition) is 4. The normalized spacial score (nSPS) is 13.9. The molecule has 0 radical (unpaired) electrons. The fraction of sp³-hybridized carbons (Fsp3) is 0.222. The fourth-order valence-corrected chi connectivity index (χ4v) is 2.78. The van der Waals surface area contributed by atoms with Gasteiger partial charge in [-0.2, -0.15) is 0 Å². The molecule has 1 aliphatic rings. The monoisotopic (exact) mass is 379 g/mol. The first-order valence-electron chi connectivity index (χ1n) is 8.06. The van der Waals surface area contributed by atoms with E-state index in [1.54, 1.807) is 13.0 Å². The Bertz CT molecular complexity index is 914. The van der Waals surface area contributed by atoms with Crippen LogP contribution in [0.3, 0.4) is 0 Å². The van der Waals surface area contributed by atoms with E-state index in [4.69, 9.17) is 5.21 Å². The van der Waals surface area contributed by atoms with E-state index in [1.165, 1.54) is 22.5 Å². The second-order valence-electron chi connectivity index (χ2n) is 6.28. The van der Waals surface area contributed by atoms with Crippen molar-refractivity contribution < 1.29 is 28.0 Å². The predicted molar refractivity (Wildman–Crippen MR) is 90.1 cm³/mol. The number of carbonyl (C=O) groups excluding carboxylic acids is 2. The Morgan fingerprint density at radius 1 is 1.11 bits per heavy atom. The van der Waals surface area contributed by atoms with Crippen molar-refractivity contribution in [2.24, 2.45) is 5.92 Å². The van der Waals surface area contributed by atoms with Crippen LogP contribution in [-0.2, 0) is 4.79 Å². The Balaban J connectivity index is 1.89. The van der Waals surface area contributed by atoms with Crippen LogP contribution >= 0.6 is 0 Å². The van der Waals surface area contributed by atoms with Gasteiger partial charge in [0.2, 0.25) is 5.91 Å². The lowest BCUT2D eigenvalue weighted by Gasteiger charge is -2.38. The molecule has 2 aromatic carbocycles. The van der Waals surface area contributed by atoms with Gasteiger partial charge in [0.25, 0.3) is 5.91 Å². The number of hydrogen-bond donors (Lipinski definition) is 3. The molecule has 1 aliphatic heterocycles. The summed E-state index contributed by atoms with van der Waals surface area (Å²) in [5.41, 5.74) is 1.34. The lowest BCUT2D eigenvalue weighted by Crippen LogP contribution is -2.55. The topological polar surface area (TPSA) is 81.7 Å². The number of nitrogens with one attached hydrogen (secondary N) is 2. The summed E-state index contributed by atoms with van der Waals surface area (Å²) in [4.78, 5) is 25.2. The van der Waals surface area contributed by atoms with E-state index in [9.17, 15) is 22.8 Å². The predicted octanol–water partition coefficient (Wildman–Crippen LogP) is 2.73. The first-order valence-corrected chi connectivity index (χ1v) is 8.06. The summed E-state index contributed by atoms with van der Waals surface area (Å²) in [7, 11) is 0. The van der Waals surface area contributed by atoms with Crippen molar-refractivity contribution in [2.45, 2.75) is 6.92 Å². The molecule has 6 nitrogen and oxygen atoms in total. The summed E-state index contributed by atoms with van der Waals surface area (Å²) in [5.74, 6) is -5.06. The molecule has 0 aliphatic carbocycles. The van der Waals surface area contributed by atoms with Gasteiger partial charge in [-0.1, -0.05) is 6.07 Å². The van der Waals surface area contributed by atoms with Crippen LogP contribution in [-0.4, -0.2) is 35.0 Å². The summed E-state index contributed by atoms with van der Waals surface area (Å²) in [6.07, 6.45) is 0. The van der Waals surface area contributed by atoms with Crippen LogP contribution in [0.25, 0.3) is 0 Å². The number of likely N-dealkylation sites (tertiary alicyclic amines) is 1. The van der Waals surface area contributed by atoms with Crippen LogP contribution in [0.4, 0.5) is 24.5 Å². The number of aryl methyl sites for hydroxylation is 1. The third-order valence-corrected chi connectivity index (χ3v) is 4.36. The van der Waals surface area contributed by atoms with Crippen molar-refractivity contribution in [2.75, 3.05) is 18.4 Å². The van der Waals surface area contributed by atoms with Gasteiger partial charge in [0, 0.05) is 13.1 Å². The number of halogens is 3. The molecule has 3 N–H and O–H groups in total. The first kappa shape index (κ1) is 18.7. The van der Waals surface area contributed by atoms with E-state index in [0.29, 0.717) is 5.56 Å². The standard InChI is InChI=1S/C18H16F3N3O3/c1-9-2-5-14(13(20)6-9)22-16-11(3-4-12(19)15(16)21)18(26)24-7-10(8-24)17(25)23-27/h2-6,10,22,27H,7-8H2,1H3,(H,23,25). The molecule has 1 fully saturated rings. The Hall–Kier alpha value is -3.07. The maximum Gasteiger partial charge on any atom is 0.256 e. The van der Waals surface area contributed by atoms with Crippen LogP contribution in [0.15, 0.2) is 30.3 Å². The van der Waals surface area contributed by atoms with Crippen molar-refractivity contribution in [1.82, 2.24) is 10.4 Å². The minimum atomic E-state index is -1.31. The maximum atomic E-state index is 14.3. The highest BCUT2D eigenvalue weighted by atomic mass is 19.2. The smallest absolute Gasteiger partial charge is 0.256 e. The van der Waals surface area contributed by atoms with Crippen molar-refractivity contribution in [1.29, 1.82) is 0 Å². The average molecular weight is 379 g/mol. The highest BCUT2D eigenvalue weighted by molar-refractivity contribution is 6.01. The molecular formula is C18H16F3N3O3. The van der Waals surface area contributed by atoms with Gasteiger partial charge >= 0.3 is 0 Å². The lowest BCUT2D eigenvalue weighted by atomic mass is 9.97. The van der Waals surface area contributed by atoms with Crippen LogP contribution in [0, 0.1) is 30.3 Å². The molecule has 0 atom stereocenters. The Morgan fingerprint density at radius 2 is 1.81 bits per heavy atom. The third kappa shape index (κ3) is 3.59. The minimum Gasteiger partial charge on any atom is -0.350 e. The quantitative estimate of drug-likeness (QED) is 0.564. The molecule has 9 heteroatoms. The van der Waals surface area contributed by atoms with Gasteiger partial charge in [-0.05, 0) is 36.8 Å². The summed E-state index contributed by atoms with van der Waals surface area (Å²) < 4.78 is 42.1.